The summed E-state index contributed by atoms with van der Waals surface area (Å²) in [6.07, 6.45) is -15.6. The first kappa shape index (κ1) is 48.7. The van der Waals surface area contributed by atoms with Crippen LogP contribution in [0.2, 0.25) is 0 Å². The van der Waals surface area contributed by atoms with Crippen LogP contribution in [0.3, 0.4) is 0 Å². The second-order valence-electron chi connectivity index (χ2n) is 14.4. The zero-order valence-electron chi connectivity index (χ0n) is 31.8. The van der Waals surface area contributed by atoms with E-state index in [0.29, 0.717) is 11.3 Å². The Labute approximate surface area is 333 Å². The third kappa shape index (κ3) is 15.5. The van der Waals surface area contributed by atoms with Crippen LogP contribution in [0.4, 0.5) is 5.69 Å². The van der Waals surface area contributed by atoms with E-state index < -0.39 is 111 Å². The van der Waals surface area contributed by atoms with Gasteiger partial charge in [-0.15, -0.1) is 0 Å². The Bertz CT molecular complexity index is 1440. The second-order valence-corrected chi connectivity index (χ2v) is 14.4. The molecule has 23 heteroatoms. The van der Waals surface area contributed by atoms with Crippen molar-refractivity contribution < 1.29 is 89.9 Å². The summed E-state index contributed by atoms with van der Waals surface area (Å²) in [7, 11) is 0. The van der Waals surface area contributed by atoms with Gasteiger partial charge in [0.05, 0.1) is 45.5 Å². The summed E-state index contributed by atoms with van der Waals surface area (Å²) >= 11 is 0. The van der Waals surface area contributed by atoms with Gasteiger partial charge in [-0.25, -0.2) is 0 Å². The number of nitrogens with one attached hydrogen (secondary N) is 1. The molecule has 1 aromatic rings. The number of carboxylic acid groups (broad SMARTS) is 4. The zero-order chi connectivity index (χ0) is 43.1. The Morgan fingerprint density at radius 2 is 1.22 bits per heavy atom. The van der Waals surface area contributed by atoms with Gasteiger partial charge in [0, 0.05) is 64.1 Å². The molecule has 0 aliphatic carbocycles. The van der Waals surface area contributed by atoms with Crippen LogP contribution in [0.1, 0.15) is 5.56 Å². The number of rotatable bonds is 20. The number of nitrogens with zero attached hydrogens (tertiary/aromatic N) is 4. The van der Waals surface area contributed by atoms with Crippen LogP contribution in [0.15, 0.2) is 24.3 Å². The lowest BCUT2D eigenvalue weighted by Crippen LogP contribution is -2.61. The van der Waals surface area contributed by atoms with Gasteiger partial charge in [0.1, 0.15) is 42.7 Å². The minimum absolute atomic E-state index is 0.0650. The average molecular weight is 836 g/mol. The first-order valence-corrected chi connectivity index (χ1v) is 18.6. The molecule has 23 nitrogen and oxygen atoms in total. The van der Waals surface area contributed by atoms with Crippen LogP contribution < -0.4 is 5.32 Å². The van der Waals surface area contributed by atoms with Crippen molar-refractivity contribution in [1.29, 1.82) is 0 Å². The first-order chi connectivity index (χ1) is 27.4. The van der Waals surface area contributed by atoms with Gasteiger partial charge in [-0.3, -0.25) is 38.8 Å². The van der Waals surface area contributed by atoms with Gasteiger partial charge in [0.15, 0.2) is 6.29 Å². The molecule has 0 saturated carbocycles. The molecule has 58 heavy (non-hydrogen) atoms. The highest BCUT2D eigenvalue weighted by Crippen LogP contribution is 2.25. The molecular weight excluding hydrogens is 778 g/mol. The van der Waals surface area contributed by atoms with Gasteiger partial charge in [-0.05, 0) is 24.1 Å². The number of hydrogen-bond donors (Lipinski definition) is 13. The van der Waals surface area contributed by atoms with Crippen molar-refractivity contribution in [2.75, 3.05) is 97.1 Å². The van der Waals surface area contributed by atoms with E-state index in [1.165, 1.54) is 0 Å². The lowest BCUT2D eigenvalue weighted by atomic mass is 9.98. The highest BCUT2D eigenvalue weighted by Gasteiger charge is 2.47. The van der Waals surface area contributed by atoms with Gasteiger partial charge in [-0.2, -0.15) is 0 Å². The molecule has 5 unspecified atom stereocenters. The van der Waals surface area contributed by atoms with Gasteiger partial charge in [-0.1, -0.05) is 12.1 Å². The summed E-state index contributed by atoms with van der Waals surface area (Å²) in [5.74, 6) is -4.53. The number of carboxylic acids is 4. The molecule has 13 N–H and O–H groups in total. The summed E-state index contributed by atoms with van der Waals surface area (Å²) in [6, 6.07) is 6.00. The topological polar surface area (TPSA) is 354 Å². The van der Waals surface area contributed by atoms with Crippen molar-refractivity contribution in [2.45, 2.75) is 67.6 Å². The Morgan fingerprint density at radius 3 is 1.74 bits per heavy atom. The average Bonchev–Trinajstić information content (AvgIpc) is 3.16. The van der Waals surface area contributed by atoms with Crippen LogP contribution >= 0.6 is 0 Å². The number of aliphatic carboxylic acids is 4. The molecule has 10 atom stereocenters. The van der Waals surface area contributed by atoms with Gasteiger partial charge < -0.3 is 76.1 Å². The highest BCUT2D eigenvalue weighted by molar-refractivity contribution is 5.70. The SMILES string of the molecule is O=C(O)CN1CCN(CC(=O)O)CCN(CC(=O)O)C(Cc2ccc(NCC(O)C(O)C(O[C@@H]3O[C@H](CO)[C@H](O)[C@H](O)[C@H]3O)C(O)CO)cc2)CN(CC(=O)O)CC1. The maximum atomic E-state index is 12.0. The summed E-state index contributed by atoms with van der Waals surface area (Å²) in [5, 5.41) is 123. The first-order valence-electron chi connectivity index (χ1n) is 18.6. The molecule has 0 radical (unpaired) electrons. The molecule has 0 aromatic heterocycles. The van der Waals surface area contributed by atoms with Crippen molar-refractivity contribution in [3.05, 3.63) is 29.8 Å². The molecule has 0 bridgehead atoms. The van der Waals surface area contributed by atoms with Crippen LogP contribution in [0, 0.1) is 0 Å². The predicted molar refractivity (Wildman–Crippen MR) is 198 cm³/mol. The molecular formula is C35H57N5O18. The number of aliphatic hydroxyl groups excluding tert-OH is 8. The number of hydrogen-bond acceptors (Lipinski definition) is 19. The third-order valence-electron chi connectivity index (χ3n) is 9.95. The lowest BCUT2D eigenvalue weighted by molar-refractivity contribution is -0.326. The molecule has 1 aromatic carbocycles. The van der Waals surface area contributed by atoms with Crippen LogP contribution in [-0.2, 0) is 35.1 Å². The quantitative estimate of drug-likeness (QED) is 0.0581. The smallest absolute Gasteiger partial charge is 0.317 e. The van der Waals surface area contributed by atoms with Gasteiger partial charge in [0.2, 0.25) is 0 Å². The fraction of sp³-hybridized carbons (Fsp3) is 0.714. The van der Waals surface area contributed by atoms with E-state index >= 15 is 0 Å². The van der Waals surface area contributed by atoms with Crippen molar-refractivity contribution >= 4 is 29.6 Å². The van der Waals surface area contributed by atoms with E-state index in [4.69, 9.17) is 9.47 Å². The number of carbonyl (C=O) groups is 4. The van der Waals surface area contributed by atoms with E-state index in [2.05, 4.69) is 5.32 Å². The minimum atomic E-state index is -1.92. The summed E-state index contributed by atoms with van der Waals surface area (Å²) < 4.78 is 10.7. The molecule has 330 valence electrons. The van der Waals surface area contributed by atoms with E-state index in [0.717, 1.165) is 0 Å². The molecule has 2 saturated heterocycles. The maximum Gasteiger partial charge on any atom is 0.317 e. The third-order valence-corrected chi connectivity index (χ3v) is 9.95. The molecule has 0 spiro atoms. The highest BCUT2D eigenvalue weighted by atomic mass is 16.7. The summed E-state index contributed by atoms with van der Waals surface area (Å²) in [6.45, 7) is -2.77. The number of benzene rings is 1. The molecule has 2 aliphatic heterocycles. The maximum absolute atomic E-state index is 12.0. The van der Waals surface area contributed by atoms with Crippen LogP contribution in [0.25, 0.3) is 0 Å². The number of aliphatic hydroxyl groups is 8. The van der Waals surface area contributed by atoms with Crippen LogP contribution in [-0.4, -0.2) is 258 Å². The zero-order valence-corrected chi connectivity index (χ0v) is 31.8. The largest absolute Gasteiger partial charge is 0.480 e. The predicted octanol–water partition coefficient (Wildman–Crippen LogP) is -6.17. The Morgan fingerprint density at radius 1 is 0.707 bits per heavy atom. The van der Waals surface area contributed by atoms with Crippen molar-refractivity contribution in [3.8, 4) is 0 Å². The second kappa shape index (κ2) is 23.8. The fourth-order valence-corrected chi connectivity index (χ4v) is 6.79. The van der Waals surface area contributed by atoms with Crippen molar-refractivity contribution in [3.63, 3.8) is 0 Å². The summed E-state index contributed by atoms with van der Waals surface area (Å²) in [4.78, 5) is 53.5. The minimum Gasteiger partial charge on any atom is -0.480 e. The van der Waals surface area contributed by atoms with Crippen LogP contribution in [0.5, 0.6) is 0 Å². The molecule has 2 heterocycles. The Balaban J connectivity index is 1.77. The van der Waals surface area contributed by atoms with E-state index in [-0.39, 0.29) is 71.9 Å². The Kier molecular flexibility index (Phi) is 20.0. The Hall–Kier alpha value is -3.66. The van der Waals surface area contributed by atoms with E-state index in [1.54, 1.807) is 43.9 Å². The summed E-state index contributed by atoms with van der Waals surface area (Å²) in [5.41, 5.74) is 1.11. The number of anilines is 1. The molecule has 0 amide bonds. The molecule has 3 rings (SSSR count). The standard InChI is InChI=1S/C35H57N5O18/c41-18-24(44)34(58-35-33(56)32(55)31(54)25(19-42)57-35)30(53)23(43)12-36-21-3-1-20(2-4-21)11-22-13-39(16-28(49)50)8-7-37(14-26(45)46)5-6-38(15-27(47)48)9-10-40(22)17-29(51)52/h1-4,22-25,30-36,41-44,53-56H,5-19H2,(H,45,46)(H,47,48)(H,49,50)(H,51,52)/t22?,23?,24?,25-,30?,31+,32+,33-,34?,35+/m1/s1. The van der Waals surface area contributed by atoms with E-state index in [1.807, 2.05) is 0 Å². The molecule has 2 aliphatic rings. The van der Waals surface area contributed by atoms with E-state index in [9.17, 15) is 80.5 Å². The van der Waals surface area contributed by atoms with Crippen molar-refractivity contribution in [2.24, 2.45) is 0 Å². The van der Waals surface area contributed by atoms with Crippen molar-refractivity contribution in [1.82, 2.24) is 19.6 Å². The fourth-order valence-electron chi connectivity index (χ4n) is 6.79. The monoisotopic (exact) mass is 835 g/mol. The van der Waals surface area contributed by atoms with Gasteiger partial charge >= 0.3 is 23.9 Å². The van der Waals surface area contributed by atoms with Gasteiger partial charge in [0.25, 0.3) is 0 Å². The normalized spacial score (nSPS) is 27.0. The number of ether oxygens (including phenoxy) is 2. The molecule has 2 fully saturated rings. The lowest BCUT2D eigenvalue weighted by Gasteiger charge is -2.42.